The van der Waals surface area contributed by atoms with Gasteiger partial charge in [0, 0.05) is 44.4 Å². The first-order chi connectivity index (χ1) is 21.2. The number of ether oxygens (including phenoxy) is 5. The number of amides is 4. The van der Waals surface area contributed by atoms with E-state index in [1.54, 1.807) is 6.07 Å². The van der Waals surface area contributed by atoms with E-state index in [-0.39, 0.29) is 107 Å². The lowest BCUT2D eigenvalue weighted by atomic mass is 10.1. The largest absolute Gasteiger partial charge is 0.479 e. The Morgan fingerprint density at radius 2 is 1.73 bits per heavy atom. The van der Waals surface area contributed by atoms with Crippen molar-refractivity contribution in [2.45, 2.75) is 50.8 Å². The number of benzene rings is 1. The lowest BCUT2D eigenvalue weighted by Gasteiger charge is -2.31. The van der Waals surface area contributed by atoms with Crippen LogP contribution >= 0.6 is 0 Å². The maximum Gasteiger partial charge on any atom is 0.333 e. The summed E-state index contributed by atoms with van der Waals surface area (Å²) >= 11 is 0. The summed E-state index contributed by atoms with van der Waals surface area (Å²) in [6, 6.07) is 4.57. The summed E-state index contributed by atoms with van der Waals surface area (Å²) in [5.74, 6) is -2.67. The quantitative estimate of drug-likeness (QED) is 0.0870. The zero-order chi connectivity index (χ0) is 31.9. The zero-order valence-corrected chi connectivity index (χ0v) is 23.8. The number of aliphatic hydroxyl groups is 1. The molecule has 0 aromatic heterocycles. The fraction of sp³-hybridized carbons (Fsp3) is 0.500. The van der Waals surface area contributed by atoms with Gasteiger partial charge in [-0.05, 0) is 17.7 Å². The van der Waals surface area contributed by atoms with Gasteiger partial charge in [-0.3, -0.25) is 28.9 Å². The van der Waals surface area contributed by atoms with Gasteiger partial charge in [0.25, 0.3) is 18.3 Å². The second-order valence-electron chi connectivity index (χ2n) is 9.66. The number of imide groups is 1. The van der Waals surface area contributed by atoms with Crippen LogP contribution in [-0.4, -0.2) is 109 Å². The molecule has 0 radical (unpaired) electrons. The third-order valence-electron chi connectivity index (χ3n) is 6.32. The molecule has 3 atom stereocenters. The SMILES string of the molecule is O=COCc1ccc(O[C@H]2CC(O)C[C@@H](C(=O)O)O2)c(NC(=O)CCNC(=O)CCOCCOCCN2C(=O)C=CC2=O)c1. The van der Waals surface area contributed by atoms with E-state index in [0.29, 0.717) is 5.56 Å². The first-order valence-corrected chi connectivity index (χ1v) is 13.8. The summed E-state index contributed by atoms with van der Waals surface area (Å²) in [5.41, 5.74) is 0.718. The Morgan fingerprint density at radius 3 is 2.43 bits per heavy atom. The maximum atomic E-state index is 12.6. The van der Waals surface area contributed by atoms with Crippen molar-refractivity contribution in [2.24, 2.45) is 0 Å². The molecule has 1 unspecified atom stereocenters. The number of carbonyl (C=O) groups excluding carboxylic acids is 5. The number of hydrogen-bond acceptors (Lipinski definition) is 12. The molecule has 1 aromatic rings. The number of carboxylic acids is 1. The highest BCUT2D eigenvalue weighted by Crippen LogP contribution is 2.30. The highest BCUT2D eigenvalue weighted by Gasteiger charge is 2.34. The van der Waals surface area contributed by atoms with Crippen LogP contribution in [0.3, 0.4) is 0 Å². The Kier molecular flexibility index (Phi) is 13.7. The first kappa shape index (κ1) is 34.1. The molecule has 2 aliphatic rings. The topological polar surface area (TPSA) is 216 Å². The van der Waals surface area contributed by atoms with Crippen LogP contribution in [0.4, 0.5) is 5.69 Å². The maximum absolute atomic E-state index is 12.6. The summed E-state index contributed by atoms with van der Waals surface area (Å²) in [6.45, 7) is 1.07. The molecule has 0 spiro atoms. The van der Waals surface area contributed by atoms with E-state index in [1.165, 1.54) is 24.3 Å². The van der Waals surface area contributed by atoms with E-state index in [4.69, 9.17) is 23.7 Å². The fourth-order valence-corrected chi connectivity index (χ4v) is 4.14. The van der Waals surface area contributed by atoms with Gasteiger partial charge >= 0.3 is 5.97 Å². The first-order valence-electron chi connectivity index (χ1n) is 13.8. The molecular formula is C28H35N3O13. The van der Waals surface area contributed by atoms with Gasteiger partial charge in [0.15, 0.2) is 6.10 Å². The van der Waals surface area contributed by atoms with E-state index < -0.39 is 30.4 Å². The van der Waals surface area contributed by atoms with Crippen LogP contribution < -0.4 is 15.4 Å². The average Bonchev–Trinajstić information content (AvgIpc) is 3.30. The predicted molar refractivity (Wildman–Crippen MR) is 148 cm³/mol. The van der Waals surface area contributed by atoms with Crippen LogP contribution in [0.15, 0.2) is 30.4 Å². The zero-order valence-electron chi connectivity index (χ0n) is 23.8. The van der Waals surface area contributed by atoms with E-state index in [0.717, 1.165) is 4.90 Å². The molecule has 16 heteroatoms. The van der Waals surface area contributed by atoms with Crippen molar-refractivity contribution in [3.05, 3.63) is 35.9 Å². The molecule has 1 saturated heterocycles. The van der Waals surface area contributed by atoms with Crippen molar-refractivity contribution in [1.82, 2.24) is 10.2 Å². The van der Waals surface area contributed by atoms with Crippen LogP contribution in [0, 0.1) is 0 Å². The summed E-state index contributed by atoms with van der Waals surface area (Å²) in [5, 5.41) is 24.5. The molecule has 16 nitrogen and oxygen atoms in total. The molecule has 2 aliphatic heterocycles. The van der Waals surface area contributed by atoms with Gasteiger partial charge in [0.2, 0.25) is 18.1 Å². The monoisotopic (exact) mass is 621 g/mol. The number of nitrogens with one attached hydrogen (secondary N) is 2. The molecule has 240 valence electrons. The standard InChI is InChI=1S/C28H35N3O13/c32-17-42-16-18-1-2-21(43-27-15-19(33)14-22(44-27)28(38)39)20(13-18)30-24(35)5-7-29-23(34)6-9-40-11-12-41-10-8-31-25(36)3-4-26(31)37/h1-4,13,17,19,22,27,33H,5-12,14-16H2,(H,29,34)(H,30,35)(H,38,39)/t19?,22-,27+/m0/s1. The second kappa shape index (κ2) is 17.7. The van der Waals surface area contributed by atoms with Crippen LogP contribution in [0.1, 0.15) is 31.2 Å². The number of anilines is 1. The minimum absolute atomic E-state index is 0.0108. The highest BCUT2D eigenvalue weighted by atomic mass is 16.7. The number of rotatable bonds is 19. The molecule has 1 aromatic carbocycles. The number of carboxylic acid groups (broad SMARTS) is 1. The number of aliphatic carboxylic acids is 1. The number of hydrogen-bond donors (Lipinski definition) is 4. The van der Waals surface area contributed by atoms with Crippen molar-refractivity contribution in [3.8, 4) is 5.75 Å². The van der Waals surface area contributed by atoms with Crippen molar-refractivity contribution in [3.63, 3.8) is 0 Å². The molecule has 0 bridgehead atoms. The summed E-state index contributed by atoms with van der Waals surface area (Å²) in [6.07, 6.45) is -1.03. The summed E-state index contributed by atoms with van der Waals surface area (Å²) in [7, 11) is 0. The van der Waals surface area contributed by atoms with E-state index >= 15 is 0 Å². The molecule has 0 aliphatic carbocycles. The fourth-order valence-electron chi connectivity index (χ4n) is 4.14. The van der Waals surface area contributed by atoms with Gasteiger partial charge in [-0.25, -0.2) is 4.79 Å². The highest BCUT2D eigenvalue weighted by molar-refractivity contribution is 6.12. The Hall–Kier alpha value is -4.38. The predicted octanol–water partition coefficient (Wildman–Crippen LogP) is -0.518. The van der Waals surface area contributed by atoms with Gasteiger partial charge in [-0.2, -0.15) is 0 Å². The van der Waals surface area contributed by atoms with Crippen molar-refractivity contribution in [1.29, 1.82) is 0 Å². The Balaban J connectivity index is 1.36. The lowest BCUT2D eigenvalue weighted by molar-refractivity contribution is -0.195. The van der Waals surface area contributed by atoms with E-state index in [1.807, 2.05) is 0 Å². The van der Waals surface area contributed by atoms with Crippen LogP contribution in [-0.2, 0) is 54.3 Å². The molecule has 0 saturated carbocycles. The second-order valence-corrected chi connectivity index (χ2v) is 9.66. The minimum atomic E-state index is -1.26. The molecule has 44 heavy (non-hydrogen) atoms. The van der Waals surface area contributed by atoms with Crippen molar-refractivity contribution < 1.29 is 62.7 Å². The molecule has 2 heterocycles. The van der Waals surface area contributed by atoms with Gasteiger partial charge in [-0.15, -0.1) is 0 Å². The van der Waals surface area contributed by atoms with E-state index in [9.17, 15) is 39.0 Å². The third kappa shape index (κ3) is 11.4. The Morgan fingerprint density at radius 1 is 1.00 bits per heavy atom. The Bertz CT molecular complexity index is 1200. The number of nitrogens with zero attached hydrogens (tertiary/aromatic N) is 1. The molecule has 1 fully saturated rings. The van der Waals surface area contributed by atoms with Crippen molar-refractivity contribution in [2.75, 3.05) is 44.8 Å². The smallest absolute Gasteiger partial charge is 0.333 e. The Labute approximate surface area is 252 Å². The normalized spacial score (nSPS) is 19.5. The van der Waals surface area contributed by atoms with Crippen molar-refractivity contribution >= 4 is 41.8 Å². The number of aliphatic hydroxyl groups excluding tert-OH is 1. The molecule has 4 N–H and O–H groups in total. The van der Waals surface area contributed by atoms with Gasteiger partial charge < -0.3 is 44.5 Å². The lowest BCUT2D eigenvalue weighted by Crippen LogP contribution is -2.42. The van der Waals surface area contributed by atoms with Gasteiger partial charge in [0.05, 0.1) is 44.8 Å². The third-order valence-corrected chi connectivity index (χ3v) is 6.32. The summed E-state index contributed by atoms with van der Waals surface area (Å²) < 4.78 is 26.6. The summed E-state index contributed by atoms with van der Waals surface area (Å²) in [4.78, 5) is 70.6. The van der Waals surface area contributed by atoms with Crippen LogP contribution in [0.5, 0.6) is 5.75 Å². The molecule has 3 rings (SSSR count). The average molecular weight is 622 g/mol. The molecule has 4 amide bonds. The van der Waals surface area contributed by atoms with Crippen LogP contribution in [0.25, 0.3) is 0 Å². The minimum Gasteiger partial charge on any atom is -0.479 e. The van der Waals surface area contributed by atoms with Gasteiger partial charge in [0.1, 0.15) is 12.4 Å². The van der Waals surface area contributed by atoms with Crippen LogP contribution in [0.2, 0.25) is 0 Å². The van der Waals surface area contributed by atoms with E-state index in [2.05, 4.69) is 10.6 Å². The number of carbonyl (C=O) groups is 6. The van der Waals surface area contributed by atoms with Gasteiger partial charge in [-0.1, -0.05) is 6.07 Å². The molecular weight excluding hydrogens is 586 g/mol.